The monoisotopic (exact) mass is 242 g/mol. The van der Waals surface area contributed by atoms with Gasteiger partial charge in [-0.05, 0) is 26.7 Å². The highest BCUT2D eigenvalue weighted by Gasteiger charge is 2.29. The van der Waals surface area contributed by atoms with Gasteiger partial charge in [-0.15, -0.1) is 0 Å². The summed E-state index contributed by atoms with van der Waals surface area (Å²) in [5.41, 5.74) is 0. The molecule has 0 unspecified atom stereocenters. The van der Waals surface area contributed by atoms with Gasteiger partial charge in [0.15, 0.2) is 0 Å². The number of hydrogen-bond acceptors (Lipinski definition) is 4. The van der Waals surface area contributed by atoms with Crippen molar-refractivity contribution in [1.82, 2.24) is 10.6 Å². The van der Waals surface area contributed by atoms with Crippen LogP contribution in [0.2, 0.25) is 0 Å². The molecule has 6 heteroatoms. The van der Waals surface area contributed by atoms with Crippen LogP contribution < -0.4 is 10.6 Å². The Morgan fingerprint density at radius 2 is 2.00 bits per heavy atom. The summed E-state index contributed by atoms with van der Waals surface area (Å²) >= 11 is 0. The lowest BCUT2D eigenvalue weighted by molar-refractivity contribution is -0.146. The largest absolute Gasteiger partial charge is 0.464 e. The highest BCUT2D eigenvalue weighted by molar-refractivity contribution is 5.89. The van der Waals surface area contributed by atoms with E-state index in [-0.39, 0.29) is 30.9 Å². The maximum Gasteiger partial charge on any atom is 0.328 e. The van der Waals surface area contributed by atoms with Crippen LogP contribution >= 0.6 is 0 Å². The third-order valence-electron chi connectivity index (χ3n) is 2.39. The number of nitrogens with one attached hydrogen (secondary N) is 2. The maximum atomic E-state index is 11.4. The first-order valence-electron chi connectivity index (χ1n) is 5.78. The van der Waals surface area contributed by atoms with Gasteiger partial charge >= 0.3 is 5.97 Å². The molecule has 2 N–H and O–H groups in total. The first kappa shape index (κ1) is 13.5. The van der Waals surface area contributed by atoms with Crippen LogP contribution in [-0.4, -0.2) is 37.0 Å². The minimum absolute atomic E-state index is 0.0743. The molecule has 1 rings (SSSR count). The minimum Gasteiger partial charge on any atom is -0.464 e. The predicted molar refractivity (Wildman–Crippen MR) is 60.0 cm³/mol. The zero-order valence-electron chi connectivity index (χ0n) is 10.1. The Morgan fingerprint density at radius 3 is 2.53 bits per heavy atom. The van der Waals surface area contributed by atoms with E-state index in [0.717, 1.165) is 12.8 Å². The molecule has 2 amide bonds. The summed E-state index contributed by atoms with van der Waals surface area (Å²) in [6, 6.07) is -0.694. The van der Waals surface area contributed by atoms with Crippen LogP contribution in [0.5, 0.6) is 0 Å². The van der Waals surface area contributed by atoms with E-state index in [9.17, 15) is 14.4 Å². The highest BCUT2D eigenvalue weighted by Crippen LogP contribution is 2.28. The molecule has 0 aromatic carbocycles. The number of esters is 1. The van der Waals surface area contributed by atoms with Crippen molar-refractivity contribution in [3.05, 3.63) is 0 Å². The third-order valence-corrected chi connectivity index (χ3v) is 2.39. The Balaban J connectivity index is 2.19. The van der Waals surface area contributed by atoms with Gasteiger partial charge < -0.3 is 15.4 Å². The summed E-state index contributed by atoms with van der Waals surface area (Å²) in [5.74, 6) is -0.886. The van der Waals surface area contributed by atoms with Crippen molar-refractivity contribution in [2.75, 3.05) is 13.2 Å². The number of hydrogen-bond donors (Lipinski definition) is 2. The van der Waals surface area contributed by atoms with E-state index >= 15 is 0 Å². The Bertz CT molecular complexity index is 313. The van der Waals surface area contributed by atoms with E-state index in [1.54, 1.807) is 13.8 Å². The molecule has 0 radical (unpaired) electrons. The number of carbonyl (C=O) groups is 3. The molecule has 6 nitrogen and oxygen atoms in total. The van der Waals surface area contributed by atoms with Gasteiger partial charge in [0.1, 0.15) is 6.04 Å². The summed E-state index contributed by atoms with van der Waals surface area (Å²) in [7, 11) is 0. The summed E-state index contributed by atoms with van der Waals surface area (Å²) in [6.07, 6.45) is 1.79. The van der Waals surface area contributed by atoms with Crippen molar-refractivity contribution in [2.45, 2.75) is 32.7 Å². The molecule has 17 heavy (non-hydrogen) atoms. The molecule has 1 aliphatic rings. The molecule has 1 aliphatic carbocycles. The molecule has 0 aromatic heterocycles. The van der Waals surface area contributed by atoms with Crippen LogP contribution in [0.4, 0.5) is 0 Å². The minimum atomic E-state index is -0.694. The topological polar surface area (TPSA) is 84.5 Å². The van der Waals surface area contributed by atoms with Gasteiger partial charge in [-0.3, -0.25) is 9.59 Å². The zero-order chi connectivity index (χ0) is 12.8. The number of amides is 2. The standard InChI is InChI=1S/C11H18N2O4/c1-3-17-11(16)7(2)13-9(14)6-12-10(15)8-4-5-8/h7-8H,3-6H2,1-2H3,(H,12,15)(H,13,14)/t7-/m0/s1. The highest BCUT2D eigenvalue weighted by atomic mass is 16.5. The molecule has 0 aliphatic heterocycles. The molecule has 1 atom stereocenters. The van der Waals surface area contributed by atoms with Crippen LogP contribution in [0.3, 0.4) is 0 Å². The van der Waals surface area contributed by atoms with Crippen molar-refractivity contribution in [2.24, 2.45) is 5.92 Å². The van der Waals surface area contributed by atoms with Gasteiger partial charge in [-0.1, -0.05) is 0 Å². The molecule has 0 aromatic rings. The Kier molecular flexibility index (Phi) is 4.93. The second-order valence-electron chi connectivity index (χ2n) is 4.03. The predicted octanol–water partition coefficient (Wildman–Crippen LogP) is -0.420. The van der Waals surface area contributed by atoms with E-state index in [0.29, 0.717) is 0 Å². The smallest absolute Gasteiger partial charge is 0.328 e. The summed E-state index contributed by atoms with van der Waals surface area (Å²) in [6.45, 7) is 3.41. The normalized spacial score (nSPS) is 15.9. The van der Waals surface area contributed by atoms with Crippen molar-refractivity contribution in [3.8, 4) is 0 Å². The first-order chi connectivity index (χ1) is 8.04. The average Bonchev–Trinajstić information content (AvgIpc) is 3.09. The van der Waals surface area contributed by atoms with Gasteiger partial charge in [0.05, 0.1) is 13.2 Å². The van der Waals surface area contributed by atoms with Gasteiger partial charge in [-0.2, -0.15) is 0 Å². The molecule has 1 fully saturated rings. The Morgan fingerprint density at radius 1 is 1.35 bits per heavy atom. The fraction of sp³-hybridized carbons (Fsp3) is 0.727. The van der Waals surface area contributed by atoms with Crippen molar-refractivity contribution < 1.29 is 19.1 Å². The molecule has 0 heterocycles. The van der Waals surface area contributed by atoms with Gasteiger partial charge in [0.2, 0.25) is 11.8 Å². The quantitative estimate of drug-likeness (QED) is 0.620. The summed E-state index contributed by atoms with van der Waals surface area (Å²) in [5, 5.41) is 4.97. The first-order valence-corrected chi connectivity index (χ1v) is 5.78. The fourth-order valence-corrected chi connectivity index (χ4v) is 1.28. The van der Waals surface area contributed by atoms with Crippen LogP contribution in [0.1, 0.15) is 26.7 Å². The van der Waals surface area contributed by atoms with E-state index in [1.807, 2.05) is 0 Å². The molecule has 96 valence electrons. The molecule has 1 saturated carbocycles. The van der Waals surface area contributed by atoms with Crippen molar-refractivity contribution in [3.63, 3.8) is 0 Å². The lowest BCUT2D eigenvalue weighted by atomic mass is 10.3. The Hall–Kier alpha value is -1.59. The molecule has 0 spiro atoms. The number of ether oxygens (including phenoxy) is 1. The molecular weight excluding hydrogens is 224 g/mol. The third kappa shape index (κ3) is 4.84. The van der Waals surface area contributed by atoms with Crippen molar-refractivity contribution in [1.29, 1.82) is 0 Å². The van der Waals surface area contributed by atoms with E-state index in [2.05, 4.69) is 10.6 Å². The number of rotatable bonds is 6. The van der Waals surface area contributed by atoms with Crippen LogP contribution in [0, 0.1) is 5.92 Å². The second kappa shape index (κ2) is 6.22. The van der Waals surface area contributed by atoms with Crippen LogP contribution in [0.15, 0.2) is 0 Å². The summed E-state index contributed by atoms with van der Waals surface area (Å²) in [4.78, 5) is 33.8. The molecular formula is C11H18N2O4. The fourth-order valence-electron chi connectivity index (χ4n) is 1.28. The second-order valence-corrected chi connectivity index (χ2v) is 4.03. The Labute approximate surface area is 100 Å². The van der Waals surface area contributed by atoms with E-state index in [4.69, 9.17) is 4.74 Å². The van der Waals surface area contributed by atoms with Crippen LogP contribution in [-0.2, 0) is 19.1 Å². The van der Waals surface area contributed by atoms with E-state index in [1.165, 1.54) is 0 Å². The summed E-state index contributed by atoms with van der Waals surface area (Å²) < 4.78 is 4.74. The maximum absolute atomic E-state index is 11.4. The SMILES string of the molecule is CCOC(=O)[C@H](C)NC(=O)CNC(=O)C1CC1. The average molecular weight is 242 g/mol. The number of carbonyl (C=O) groups excluding carboxylic acids is 3. The zero-order valence-corrected chi connectivity index (χ0v) is 10.1. The lowest BCUT2D eigenvalue weighted by Gasteiger charge is -2.12. The molecule has 0 saturated heterocycles. The lowest BCUT2D eigenvalue weighted by Crippen LogP contribution is -2.44. The van der Waals surface area contributed by atoms with Gasteiger partial charge in [0.25, 0.3) is 0 Å². The van der Waals surface area contributed by atoms with Crippen LogP contribution in [0.25, 0.3) is 0 Å². The van der Waals surface area contributed by atoms with Gasteiger partial charge in [0, 0.05) is 5.92 Å². The van der Waals surface area contributed by atoms with E-state index < -0.39 is 12.0 Å². The van der Waals surface area contributed by atoms with Crippen molar-refractivity contribution >= 4 is 17.8 Å². The van der Waals surface area contributed by atoms with Gasteiger partial charge in [-0.25, -0.2) is 4.79 Å². The molecule has 0 bridgehead atoms.